The van der Waals surface area contributed by atoms with Gasteiger partial charge in [0.2, 0.25) is 0 Å². The topological polar surface area (TPSA) is 0 Å². The van der Waals surface area contributed by atoms with E-state index in [4.69, 9.17) is 0 Å². The van der Waals surface area contributed by atoms with Crippen molar-refractivity contribution in [1.82, 2.24) is 0 Å². The lowest BCUT2D eigenvalue weighted by Gasteiger charge is -1.87. The highest BCUT2D eigenvalue weighted by Crippen LogP contribution is 2.12. The fourth-order valence-corrected chi connectivity index (χ4v) is 1.18. The van der Waals surface area contributed by atoms with Crippen molar-refractivity contribution < 1.29 is 0 Å². The van der Waals surface area contributed by atoms with Crippen LogP contribution in [0.5, 0.6) is 0 Å². The van der Waals surface area contributed by atoms with Crippen LogP contribution in [0.1, 0.15) is 0 Å². The van der Waals surface area contributed by atoms with Gasteiger partial charge < -0.3 is 0 Å². The molecule has 0 unspecified atom stereocenters. The molecule has 0 spiro atoms. The van der Waals surface area contributed by atoms with E-state index in [0.717, 1.165) is 9.37 Å². The second-order valence-corrected chi connectivity index (χ2v) is 2.79. The normalized spacial score (nSPS) is 9.25. The van der Waals surface area contributed by atoms with Crippen molar-refractivity contribution >= 4 is 28.6 Å². The average Bonchev–Trinajstić information content (AvgIpc) is 1.64. The van der Waals surface area contributed by atoms with Crippen LogP contribution in [0.4, 0.5) is 0 Å². The van der Waals surface area contributed by atoms with Crippen molar-refractivity contribution in [2.45, 2.75) is 4.90 Å². The molecule has 0 amide bonds. The zero-order chi connectivity index (χ0) is 5.98. The van der Waals surface area contributed by atoms with E-state index in [0.29, 0.717) is 0 Å². The second-order valence-electron chi connectivity index (χ2n) is 1.39. The number of hydrogen-bond acceptors (Lipinski definition) is 1. The zero-order valence-corrected chi connectivity index (χ0v) is 6.54. The zero-order valence-electron chi connectivity index (χ0n) is 4.06. The van der Waals surface area contributed by atoms with E-state index in [-0.39, 0.29) is 0 Å². The Bertz CT molecular complexity index is 168. The highest BCUT2D eigenvalue weighted by atomic mass is 79.9. The van der Waals surface area contributed by atoms with Crippen molar-refractivity contribution in [2.24, 2.45) is 0 Å². The number of benzene rings is 1. The first-order valence-electron chi connectivity index (χ1n) is 2.15. The van der Waals surface area contributed by atoms with E-state index in [1.165, 1.54) is 0 Å². The molecular formula is C6H4BrS. The fraction of sp³-hybridized carbons (Fsp3) is 0. The third-order valence-electron chi connectivity index (χ3n) is 0.748. The van der Waals surface area contributed by atoms with Crippen LogP contribution < -0.4 is 0 Å². The number of halogens is 1. The molecule has 0 heterocycles. The molecule has 0 N–H and O–H groups in total. The molecule has 0 saturated heterocycles. The molecule has 0 aliphatic rings. The largest absolute Gasteiger partial charge is 0.143 e. The van der Waals surface area contributed by atoms with E-state index in [9.17, 15) is 0 Å². The maximum absolute atomic E-state index is 4.07. The maximum Gasteiger partial charge on any atom is 0.0186 e. The minimum Gasteiger partial charge on any atom is -0.143 e. The molecule has 0 aromatic heterocycles. The Kier molecular flexibility index (Phi) is 1.97. The highest BCUT2D eigenvalue weighted by molar-refractivity contribution is 9.10. The van der Waals surface area contributed by atoms with Crippen molar-refractivity contribution in [2.75, 3.05) is 0 Å². The molecular weight excluding hydrogens is 184 g/mol. The summed E-state index contributed by atoms with van der Waals surface area (Å²) in [5.74, 6) is 0. The van der Waals surface area contributed by atoms with Gasteiger partial charge in [-0.25, -0.2) is 0 Å². The molecule has 2 heteroatoms. The van der Waals surface area contributed by atoms with E-state index < -0.39 is 0 Å². The Morgan fingerprint density at radius 2 is 2.38 bits per heavy atom. The molecule has 1 radical (unpaired) electrons. The fourth-order valence-electron chi connectivity index (χ4n) is 0.427. The molecule has 1 aromatic rings. The van der Waals surface area contributed by atoms with Gasteiger partial charge in [0.15, 0.2) is 0 Å². The van der Waals surface area contributed by atoms with E-state index >= 15 is 0 Å². The molecule has 0 aliphatic carbocycles. The standard InChI is InChI=1S/C6H4BrS/c7-5-2-1-3-6(8)4-5/h1-2,4,8H. The van der Waals surface area contributed by atoms with E-state index in [1.807, 2.05) is 18.2 Å². The molecule has 1 rings (SSSR count). The third-order valence-corrected chi connectivity index (χ3v) is 1.50. The monoisotopic (exact) mass is 187 g/mol. The SMILES string of the molecule is Sc1[c]ccc(Br)c1. The Labute approximate surface area is 62.5 Å². The third kappa shape index (κ3) is 1.53. The van der Waals surface area contributed by atoms with Gasteiger partial charge in [-0.05, 0) is 18.2 Å². The first-order valence-corrected chi connectivity index (χ1v) is 3.39. The van der Waals surface area contributed by atoms with Crippen LogP contribution in [0.15, 0.2) is 27.6 Å². The molecule has 0 aliphatic heterocycles. The summed E-state index contributed by atoms with van der Waals surface area (Å²) in [7, 11) is 0. The van der Waals surface area contributed by atoms with E-state index in [1.54, 1.807) is 0 Å². The van der Waals surface area contributed by atoms with Crippen LogP contribution in [0.3, 0.4) is 0 Å². The maximum atomic E-state index is 4.07. The average molecular weight is 188 g/mol. The van der Waals surface area contributed by atoms with Gasteiger partial charge in [-0.1, -0.05) is 22.0 Å². The van der Waals surface area contributed by atoms with Gasteiger partial charge in [-0.15, -0.1) is 12.6 Å². The van der Waals surface area contributed by atoms with Crippen LogP contribution >= 0.6 is 28.6 Å². The van der Waals surface area contributed by atoms with Crippen LogP contribution in [-0.2, 0) is 0 Å². The molecule has 0 saturated carbocycles. The van der Waals surface area contributed by atoms with Gasteiger partial charge in [0.25, 0.3) is 0 Å². The summed E-state index contributed by atoms with van der Waals surface area (Å²) < 4.78 is 1.04. The van der Waals surface area contributed by atoms with Crippen molar-refractivity contribution in [3.05, 3.63) is 28.7 Å². The lowest BCUT2D eigenvalue weighted by Crippen LogP contribution is -1.63. The Balaban J connectivity index is 3.08. The minimum absolute atomic E-state index is 0.861. The Hall–Kier alpha value is 0.0500. The van der Waals surface area contributed by atoms with Crippen molar-refractivity contribution in [1.29, 1.82) is 0 Å². The lowest BCUT2D eigenvalue weighted by atomic mass is 10.4. The summed E-state index contributed by atoms with van der Waals surface area (Å²) in [6.45, 7) is 0. The van der Waals surface area contributed by atoms with Gasteiger partial charge in [-0.3, -0.25) is 0 Å². The van der Waals surface area contributed by atoms with Crippen LogP contribution in [0.2, 0.25) is 0 Å². The first kappa shape index (κ1) is 6.17. The van der Waals surface area contributed by atoms with Crippen LogP contribution in [-0.4, -0.2) is 0 Å². The summed E-state index contributed by atoms with van der Waals surface area (Å²) in [6.07, 6.45) is 0. The molecule has 0 bridgehead atoms. The molecule has 1 aromatic carbocycles. The van der Waals surface area contributed by atoms with Crippen LogP contribution in [0, 0.1) is 6.07 Å². The summed E-state index contributed by atoms with van der Waals surface area (Å²) in [4.78, 5) is 0.861. The van der Waals surface area contributed by atoms with Gasteiger partial charge in [0, 0.05) is 9.37 Å². The predicted molar refractivity (Wildman–Crippen MR) is 40.2 cm³/mol. The Morgan fingerprint density at radius 3 is 2.75 bits per heavy atom. The summed E-state index contributed by atoms with van der Waals surface area (Å²) in [6, 6.07) is 8.54. The minimum atomic E-state index is 0.861. The molecule has 0 fully saturated rings. The predicted octanol–water partition coefficient (Wildman–Crippen LogP) is 2.54. The van der Waals surface area contributed by atoms with Crippen molar-refractivity contribution in [3.63, 3.8) is 0 Å². The van der Waals surface area contributed by atoms with Gasteiger partial charge >= 0.3 is 0 Å². The summed E-state index contributed by atoms with van der Waals surface area (Å²) in [5.41, 5.74) is 0. The van der Waals surface area contributed by atoms with Crippen molar-refractivity contribution in [3.8, 4) is 0 Å². The lowest BCUT2D eigenvalue weighted by molar-refractivity contribution is 1.43. The highest BCUT2D eigenvalue weighted by Gasteiger charge is 1.84. The smallest absolute Gasteiger partial charge is 0.0186 e. The quantitative estimate of drug-likeness (QED) is 0.594. The Morgan fingerprint density at radius 1 is 1.62 bits per heavy atom. The number of rotatable bonds is 0. The molecule has 8 heavy (non-hydrogen) atoms. The van der Waals surface area contributed by atoms with Gasteiger partial charge in [0.05, 0.1) is 0 Å². The summed E-state index contributed by atoms with van der Waals surface area (Å²) in [5, 5.41) is 0. The number of hydrogen-bond donors (Lipinski definition) is 1. The molecule has 41 valence electrons. The number of thiol groups is 1. The van der Waals surface area contributed by atoms with Crippen LogP contribution in [0.25, 0.3) is 0 Å². The second kappa shape index (κ2) is 2.55. The summed E-state index contributed by atoms with van der Waals surface area (Å²) >= 11 is 7.36. The van der Waals surface area contributed by atoms with E-state index in [2.05, 4.69) is 34.6 Å². The van der Waals surface area contributed by atoms with Gasteiger partial charge in [-0.2, -0.15) is 0 Å². The molecule has 0 atom stereocenters. The van der Waals surface area contributed by atoms with Gasteiger partial charge in [0.1, 0.15) is 0 Å². The molecule has 0 nitrogen and oxygen atoms in total. The first-order chi connectivity index (χ1) is 3.79.